The quantitative estimate of drug-likeness (QED) is 0.718. The molecule has 3 nitrogen and oxygen atoms in total. The van der Waals surface area contributed by atoms with E-state index in [-0.39, 0.29) is 0 Å². The Bertz CT molecular complexity index is 886. The minimum atomic E-state index is 0.596. The minimum absolute atomic E-state index is 0.596. The van der Waals surface area contributed by atoms with Gasteiger partial charge >= 0.3 is 0 Å². The number of nitrogens with one attached hydrogen (secondary N) is 1. The normalized spacial score (nSPS) is 10.6. The summed E-state index contributed by atoms with van der Waals surface area (Å²) >= 11 is 11.4. The van der Waals surface area contributed by atoms with E-state index in [1.54, 1.807) is 6.07 Å². The largest absolute Gasteiger partial charge is 0.329 e. The number of nitrogens with zero attached hydrogens (tertiary/aromatic N) is 2. The van der Waals surface area contributed by atoms with E-state index in [0.29, 0.717) is 21.9 Å². The van der Waals surface area contributed by atoms with Gasteiger partial charge in [0.15, 0.2) is 4.77 Å². The molecule has 0 spiro atoms. The number of imidazole rings is 1. The number of hydrogen-bond acceptors (Lipinski definition) is 2. The fraction of sp³-hybridized carbons (Fsp3) is 0.0667. The molecule has 98 valence electrons. The molecule has 0 atom stereocenters. The van der Waals surface area contributed by atoms with E-state index in [4.69, 9.17) is 29.1 Å². The van der Waals surface area contributed by atoms with Crippen LogP contribution in [0.1, 0.15) is 11.1 Å². The standard InChI is InChI=1S/C15H10ClN3S/c16-12-5-1-3-10(7-12)9-19-13-6-2-4-11(8-17)14(13)18-15(19)20/h1-7H,9H2,(H,18,20). The highest BCUT2D eigenvalue weighted by molar-refractivity contribution is 7.71. The Morgan fingerprint density at radius 1 is 1.25 bits per heavy atom. The van der Waals surface area contributed by atoms with E-state index in [1.807, 2.05) is 41.0 Å². The summed E-state index contributed by atoms with van der Waals surface area (Å²) in [5.41, 5.74) is 3.37. The van der Waals surface area contributed by atoms with Crippen LogP contribution in [-0.2, 0) is 6.54 Å². The van der Waals surface area contributed by atoms with Gasteiger partial charge in [0.25, 0.3) is 0 Å². The summed E-state index contributed by atoms with van der Waals surface area (Å²) in [5, 5.41) is 9.83. The number of rotatable bonds is 2. The Labute approximate surface area is 126 Å². The molecule has 0 aliphatic carbocycles. The topological polar surface area (TPSA) is 44.5 Å². The van der Waals surface area contributed by atoms with Gasteiger partial charge in [0, 0.05) is 5.02 Å². The summed E-state index contributed by atoms with van der Waals surface area (Å²) < 4.78 is 2.57. The lowest BCUT2D eigenvalue weighted by Gasteiger charge is -2.05. The van der Waals surface area contributed by atoms with Crippen LogP contribution in [0.3, 0.4) is 0 Å². The molecule has 0 unspecified atom stereocenters. The van der Waals surface area contributed by atoms with Gasteiger partial charge in [-0.25, -0.2) is 0 Å². The van der Waals surface area contributed by atoms with Crippen molar-refractivity contribution in [1.82, 2.24) is 9.55 Å². The van der Waals surface area contributed by atoms with Crippen LogP contribution < -0.4 is 0 Å². The molecule has 3 aromatic rings. The number of aromatic nitrogens is 2. The molecule has 0 amide bonds. The lowest BCUT2D eigenvalue weighted by Crippen LogP contribution is -1.99. The maximum Gasteiger partial charge on any atom is 0.178 e. The molecule has 2 aromatic carbocycles. The summed E-state index contributed by atoms with van der Waals surface area (Å²) in [4.78, 5) is 3.10. The van der Waals surface area contributed by atoms with Crippen molar-refractivity contribution in [2.75, 3.05) is 0 Å². The molecule has 0 aliphatic heterocycles. The van der Waals surface area contributed by atoms with Crippen LogP contribution in [0.2, 0.25) is 5.02 Å². The number of hydrogen-bond donors (Lipinski definition) is 1. The zero-order valence-corrected chi connectivity index (χ0v) is 12.0. The van der Waals surface area contributed by atoms with Gasteiger partial charge in [0.2, 0.25) is 0 Å². The van der Waals surface area contributed by atoms with Gasteiger partial charge in [-0.3, -0.25) is 0 Å². The third kappa shape index (κ3) is 2.22. The van der Waals surface area contributed by atoms with Crippen LogP contribution in [0.4, 0.5) is 0 Å². The van der Waals surface area contributed by atoms with Gasteiger partial charge in [-0.1, -0.05) is 29.8 Å². The molecule has 1 N–H and O–H groups in total. The van der Waals surface area contributed by atoms with E-state index in [9.17, 15) is 0 Å². The summed E-state index contributed by atoms with van der Waals surface area (Å²) in [6, 6.07) is 15.4. The number of H-pyrrole nitrogens is 1. The Morgan fingerprint density at radius 2 is 2.05 bits per heavy atom. The van der Waals surface area contributed by atoms with Crippen molar-refractivity contribution in [1.29, 1.82) is 5.26 Å². The minimum Gasteiger partial charge on any atom is -0.329 e. The smallest absolute Gasteiger partial charge is 0.178 e. The van der Waals surface area contributed by atoms with Crippen LogP contribution in [-0.4, -0.2) is 9.55 Å². The highest BCUT2D eigenvalue weighted by Crippen LogP contribution is 2.20. The van der Waals surface area contributed by atoms with Gasteiger partial charge in [-0.15, -0.1) is 0 Å². The average molecular weight is 300 g/mol. The van der Waals surface area contributed by atoms with Crippen LogP contribution in [0.15, 0.2) is 42.5 Å². The fourth-order valence-corrected chi connectivity index (χ4v) is 2.73. The molecule has 1 heterocycles. The van der Waals surface area contributed by atoms with E-state index in [2.05, 4.69) is 11.1 Å². The van der Waals surface area contributed by atoms with Gasteiger partial charge in [0.05, 0.1) is 23.1 Å². The first-order valence-electron chi connectivity index (χ1n) is 6.05. The lowest BCUT2D eigenvalue weighted by atomic mass is 10.2. The van der Waals surface area contributed by atoms with Crippen LogP contribution in [0.25, 0.3) is 11.0 Å². The zero-order chi connectivity index (χ0) is 14.1. The van der Waals surface area contributed by atoms with Crippen molar-refractivity contribution in [3.63, 3.8) is 0 Å². The van der Waals surface area contributed by atoms with E-state index in [0.717, 1.165) is 16.6 Å². The molecule has 20 heavy (non-hydrogen) atoms. The van der Waals surface area contributed by atoms with Crippen molar-refractivity contribution in [3.8, 4) is 6.07 Å². The Kier molecular flexibility index (Phi) is 3.31. The maximum atomic E-state index is 9.13. The molecule has 0 radical (unpaired) electrons. The number of aromatic amines is 1. The monoisotopic (exact) mass is 299 g/mol. The van der Waals surface area contributed by atoms with Crippen LogP contribution >= 0.6 is 23.8 Å². The summed E-state index contributed by atoms with van der Waals surface area (Å²) in [6.07, 6.45) is 0. The van der Waals surface area contributed by atoms with Crippen molar-refractivity contribution >= 4 is 34.9 Å². The predicted molar refractivity (Wildman–Crippen MR) is 82.4 cm³/mol. The fourth-order valence-electron chi connectivity index (χ4n) is 2.25. The number of nitriles is 1. The van der Waals surface area contributed by atoms with Crippen molar-refractivity contribution in [2.45, 2.75) is 6.54 Å². The average Bonchev–Trinajstić information content (AvgIpc) is 2.75. The second kappa shape index (κ2) is 5.12. The van der Waals surface area contributed by atoms with E-state index < -0.39 is 0 Å². The predicted octanol–water partition coefficient (Wildman–Crippen LogP) is 4.27. The van der Waals surface area contributed by atoms with Gasteiger partial charge < -0.3 is 9.55 Å². The van der Waals surface area contributed by atoms with Gasteiger partial charge in [-0.2, -0.15) is 5.26 Å². The summed E-state index contributed by atoms with van der Waals surface area (Å²) in [6.45, 7) is 0.619. The number of fused-ring (bicyclic) bond motifs is 1. The van der Waals surface area contributed by atoms with Crippen molar-refractivity contribution < 1.29 is 0 Å². The first-order valence-corrected chi connectivity index (χ1v) is 6.84. The Morgan fingerprint density at radius 3 is 2.80 bits per heavy atom. The van der Waals surface area contributed by atoms with Gasteiger partial charge in [0.1, 0.15) is 6.07 Å². The van der Waals surface area contributed by atoms with Crippen LogP contribution in [0.5, 0.6) is 0 Å². The molecule has 0 aliphatic rings. The highest BCUT2D eigenvalue weighted by atomic mass is 35.5. The molecule has 3 rings (SSSR count). The van der Waals surface area contributed by atoms with Crippen molar-refractivity contribution in [3.05, 3.63) is 63.4 Å². The highest BCUT2D eigenvalue weighted by Gasteiger charge is 2.08. The van der Waals surface area contributed by atoms with Crippen molar-refractivity contribution in [2.24, 2.45) is 0 Å². The number of benzene rings is 2. The third-order valence-electron chi connectivity index (χ3n) is 3.16. The molecule has 0 saturated heterocycles. The number of para-hydroxylation sites is 1. The van der Waals surface area contributed by atoms with Crippen LogP contribution in [0, 0.1) is 16.1 Å². The molecule has 1 aromatic heterocycles. The van der Waals surface area contributed by atoms with E-state index in [1.165, 1.54) is 0 Å². The molecule has 0 bridgehead atoms. The van der Waals surface area contributed by atoms with Gasteiger partial charge in [-0.05, 0) is 42.0 Å². The zero-order valence-electron chi connectivity index (χ0n) is 10.4. The second-order valence-electron chi connectivity index (χ2n) is 4.46. The molecule has 5 heteroatoms. The molecular weight excluding hydrogens is 290 g/mol. The lowest BCUT2D eigenvalue weighted by molar-refractivity contribution is 0.810. The SMILES string of the molecule is N#Cc1cccc2c1[nH]c(=S)n2Cc1cccc(Cl)c1. The third-order valence-corrected chi connectivity index (χ3v) is 3.72. The second-order valence-corrected chi connectivity index (χ2v) is 5.28. The first kappa shape index (κ1) is 12.9. The molecule has 0 saturated carbocycles. The molecular formula is C15H10ClN3S. The van der Waals surface area contributed by atoms with E-state index >= 15 is 0 Å². The summed E-state index contributed by atoms with van der Waals surface area (Å²) in [7, 11) is 0. The summed E-state index contributed by atoms with van der Waals surface area (Å²) in [5.74, 6) is 0. The number of halogens is 1. The Balaban J connectivity index is 2.15. The molecule has 0 fully saturated rings. The Hall–Kier alpha value is -2.09. The first-order chi connectivity index (χ1) is 9.69. The maximum absolute atomic E-state index is 9.13.